The van der Waals surface area contributed by atoms with E-state index < -0.39 is 11.0 Å². The third kappa shape index (κ3) is 3.99. The Kier molecular flexibility index (Phi) is 7.87. The molecule has 2 unspecified atom stereocenters. The first-order valence-corrected chi connectivity index (χ1v) is 9.00. The number of carbonyl (C=O) groups is 1. The number of hydrogen-bond donors (Lipinski definition) is 2. The first kappa shape index (κ1) is 24.6. The molecule has 1 saturated carbocycles. The van der Waals surface area contributed by atoms with Crippen LogP contribution in [0.15, 0.2) is 18.2 Å². The second-order valence-corrected chi connectivity index (χ2v) is 7.57. The molecular formula is C19H29Cl2FN4O2. The maximum Gasteiger partial charge on any atom is 0.240 e. The van der Waals surface area contributed by atoms with Gasteiger partial charge in [0.15, 0.2) is 0 Å². The average molecular weight is 435 g/mol. The Morgan fingerprint density at radius 1 is 1.43 bits per heavy atom. The number of nitrogens with two attached hydrogens (primary N) is 1. The third-order valence-electron chi connectivity index (χ3n) is 5.80. The number of aromatic nitrogens is 2. The van der Waals surface area contributed by atoms with Crippen LogP contribution in [-0.4, -0.2) is 40.3 Å². The van der Waals surface area contributed by atoms with E-state index in [0.717, 1.165) is 16.9 Å². The van der Waals surface area contributed by atoms with Gasteiger partial charge in [0.2, 0.25) is 5.91 Å². The van der Waals surface area contributed by atoms with Crippen LogP contribution < -0.4 is 11.1 Å². The molecule has 6 nitrogen and oxygen atoms in total. The van der Waals surface area contributed by atoms with E-state index in [1.165, 1.54) is 12.1 Å². The number of nitrogens with one attached hydrogen (secondary N) is 1. The van der Waals surface area contributed by atoms with E-state index in [1.807, 2.05) is 32.4 Å². The molecule has 28 heavy (non-hydrogen) atoms. The van der Waals surface area contributed by atoms with Crippen LogP contribution in [0, 0.1) is 11.2 Å². The summed E-state index contributed by atoms with van der Waals surface area (Å²) < 4.78 is 20.9. The quantitative estimate of drug-likeness (QED) is 0.731. The lowest BCUT2D eigenvalue weighted by Crippen LogP contribution is -2.75. The second-order valence-electron chi connectivity index (χ2n) is 7.57. The molecule has 0 bridgehead atoms. The predicted octanol–water partition coefficient (Wildman–Crippen LogP) is 2.75. The fourth-order valence-electron chi connectivity index (χ4n) is 3.70. The van der Waals surface area contributed by atoms with Crippen molar-refractivity contribution < 1.29 is 13.9 Å². The van der Waals surface area contributed by atoms with Gasteiger partial charge in [-0.1, -0.05) is 13.8 Å². The molecule has 2 aromatic rings. The smallest absolute Gasteiger partial charge is 0.240 e. The van der Waals surface area contributed by atoms with Crippen LogP contribution in [0.3, 0.4) is 0 Å². The minimum atomic E-state index is -0.928. The number of halogens is 3. The number of aryl methyl sites for hydroxylation is 1. The highest BCUT2D eigenvalue weighted by atomic mass is 35.5. The van der Waals surface area contributed by atoms with Crippen molar-refractivity contribution in [2.24, 2.45) is 18.2 Å². The van der Waals surface area contributed by atoms with Crippen molar-refractivity contribution in [1.29, 1.82) is 0 Å². The molecule has 3 rings (SSSR count). The number of ether oxygens (including phenoxy) is 1. The average Bonchev–Trinajstić information content (AvgIpc) is 2.90. The van der Waals surface area contributed by atoms with Crippen molar-refractivity contribution in [3.63, 3.8) is 0 Å². The van der Waals surface area contributed by atoms with E-state index in [-0.39, 0.29) is 42.6 Å². The van der Waals surface area contributed by atoms with Gasteiger partial charge in [-0.3, -0.25) is 4.79 Å². The van der Waals surface area contributed by atoms with Crippen LogP contribution >= 0.6 is 24.8 Å². The molecule has 158 valence electrons. The molecule has 1 aromatic heterocycles. The molecule has 2 atom stereocenters. The lowest BCUT2D eigenvalue weighted by molar-refractivity contribution is -0.170. The van der Waals surface area contributed by atoms with Crippen LogP contribution in [0.5, 0.6) is 0 Å². The van der Waals surface area contributed by atoms with Crippen molar-refractivity contribution in [3.8, 4) is 0 Å². The molecule has 0 radical (unpaired) electrons. The summed E-state index contributed by atoms with van der Waals surface area (Å²) in [7, 11) is 1.85. The number of fused-ring (bicyclic) bond motifs is 1. The molecule has 1 aliphatic rings. The van der Waals surface area contributed by atoms with Crippen LogP contribution in [0.2, 0.25) is 0 Å². The standard InChI is InChI=1S/C19H27FN4O2.2ClH/c1-5-26-15-11-19(21,18(15,2)3)17(25)22-9-8-16-23-13-7-6-12(20)10-14(13)24(16)4;;/h6-7,10,15H,5,8-9,11,21H2,1-4H3,(H,22,25);2*1H. The summed E-state index contributed by atoms with van der Waals surface area (Å²) in [5.74, 6) is 0.335. The van der Waals surface area contributed by atoms with Crippen LogP contribution in [0.4, 0.5) is 4.39 Å². The van der Waals surface area contributed by atoms with Crippen molar-refractivity contribution >= 4 is 41.8 Å². The normalized spacial score (nSPS) is 22.7. The zero-order valence-corrected chi connectivity index (χ0v) is 18.3. The van der Waals surface area contributed by atoms with E-state index in [0.29, 0.717) is 26.0 Å². The highest BCUT2D eigenvalue weighted by Crippen LogP contribution is 2.49. The number of carbonyl (C=O) groups excluding carboxylic acids is 1. The van der Waals surface area contributed by atoms with E-state index in [1.54, 1.807) is 6.07 Å². The lowest BCUT2D eigenvalue weighted by atomic mass is 9.54. The van der Waals surface area contributed by atoms with Gasteiger partial charge in [-0.2, -0.15) is 0 Å². The summed E-state index contributed by atoms with van der Waals surface area (Å²) >= 11 is 0. The van der Waals surface area contributed by atoms with E-state index >= 15 is 0 Å². The van der Waals surface area contributed by atoms with Crippen LogP contribution in [0.25, 0.3) is 11.0 Å². The monoisotopic (exact) mass is 434 g/mol. The maximum atomic E-state index is 13.4. The summed E-state index contributed by atoms with van der Waals surface area (Å²) in [5, 5.41) is 2.93. The molecule has 1 heterocycles. The number of benzene rings is 1. The molecular weight excluding hydrogens is 406 g/mol. The van der Waals surface area contributed by atoms with Gasteiger partial charge in [0.1, 0.15) is 17.2 Å². The SMILES string of the molecule is CCOC1CC(N)(C(=O)NCCc2nc3ccc(F)cc3n2C)C1(C)C.Cl.Cl. The number of amides is 1. The van der Waals surface area contributed by atoms with Gasteiger partial charge in [0, 0.05) is 38.5 Å². The second kappa shape index (κ2) is 8.95. The Morgan fingerprint density at radius 3 is 2.71 bits per heavy atom. The van der Waals surface area contributed by atoms with E-state index in [9.17, 15) is 9.18 Å². The summed E-state index contributed by atoms with van der Waals surface area (Å²) in [6.07, 6.45) is 1.06. The Hall–Kier alpha value is -1.41. The topological polar surface area (TPSA) is 82.2 Å². The summed E-state index contributed by atoms with van der Waals surface area (Å²) in [4.78, 5) is 17.1. The molecule has 1 fully saturated rings. The molecule has 3 N–H and O–H groups in total. The highest BCUT2D eigenvalue weighted by Gasteiger charge is 2.62. The largest absolute Gasteiger partial charge is 0.378 e. The Bertz CT molecular complexity index is 843. The molecule has 9 heteroatoms. The van der Waals surface area contributed by atoms with Gasteiger partial charge < -0.3 is 20.4 Å². The molecule has 0 saturated heterocycles. The Labute approximate surface area is 177 Å². The minimum absolute atomic E-state index is 0. The van der Waals surface area contributed by atoms with Crippen molar-refractivity contribution in [1.82, 2.24) is 14.9 Å². The van der Waals surface area contributed by atoms with Crippen LogP contribution in [0.1, 0.15) is 33.0 Å². The number of nitrogens with zero attached hydrogens (tertiary/aromatic N) is 2. The minimum Gasteiger partial charge on any atom is -0.378 e. The van der Waals surface area contributed by atoms with Gasteiger partial charge in [-0.25, -0.2) is 9.37 Å². The molecule has 0 spiro atoms. The molecule has 1 aliphatic carbocycles. The van der Waals surface area contributed by atoms with Crippen molar-refractivity contribution in [3.05, 3.63) is 29.8 Å². The number of hydrogen-bond acceptors (Lipinski definition) is 4. The fourth-order valence-corrected chi connectivity index (χ4v) is 3.70. The summed E-state index contributed by atoms with van der Waals surface area (Å²) in [6, 6.07) is 4.52. The molecule has 0 aliphatic heterocycles. The van der Waals surface area contributed by atoms with E-state index in [2.05, 4.69) is 10.3 Å². The van der Waals surface area contributed by atoms with Gasteiger partial charge in [-0.05, 0) is 25.1 Å². The van der Waals surface area contributed by atoms with Gasteiger partial charge in [-0.15, -0.1) is 24.8 Å². The summed E-state index contributed by atoms with van der Waals surface area (Å²) in [6.45, 7) is 6.91. The zero-order chi connectivity index (χ0) is 19.1. The maximum absolute atomic E-state index is 13.4. The van der Waals surface area contributed by atoms with Crippen LogP contribution in [-0.2, 0) is 23.0 Å². The zero-order valence-electron chi connectivity index (χ0n) is 16.6. The van der Waals surface area contributed by atoms with Gasteiger partial charge >= 0.3 is 0 Å². The number of imidazole rings is 1. The number of rotatable bonds is 6. The molecule has 1 aromatic carbocycles. The highest BCUT2D eigenvalue weighted by molar-refractivity contribution is 5.88. The van der Waals surface area contributed by atoms with Crippen molar-refractivity contribution in [2.75, 3.05) is 13.2 Å². The summed E-state index contributed by atoms with van der Waals surface area (Å²) in [5.41, 5.74) is 6.51. The fraction of sp³-hybridized carbons (Fsp3) is 0.579. The van der Waals surface area contributed by atoms with E-state index in [4.69, 9.17) is 10.5 Å². The van der Waals surface area contributed by atoms with Gasteiger partial charge in [0.05, 0.1) is 17.1 Å². The third-order valence-corrected chi connectivity index (χ3v) is 5.80. The van der Waals surface area contributed by atoms with Crippen molar-refractivity contribution in [2.45, 2.75) is 45.3 Å². The van der Waals surface area contributed by atoms with Gasteiger partial charge in [0.25, 0.3) is 0 Å². The Balaban J connectivity index is 0.00000196. The Morgan fingerprint density at radius 2 is 2.11 bits per heavy atom. The lowest BCUT2D eigenvalue weighted by Gasteiger charge is -2.57. The predicted molar refractivity (Wildman–Crippen MR) is 113 cm³/mol. The molecule has 1 amide bonds. The first-order chi connectivity index (χ1) is 12.2. The first-order valence-electron chi connectivity index (χ1n) is 9.00.